The van der Waals surface area contributed by atoms with E-state index in [9.17, 15) is 9.00 Å². The van der Waals surface area contributed by atoms with Gasteiger partial charge in [-0.1, -0.05) is 36.7 Å². The number of aromatic nitrogens is 1. The minimum atomic E-state index is -2.99. The normalized spacial score (nSPS) is 34.9. The summed E-state index contributed by atoms with van der Waals surface area (Å²) in [6.45, 7) is 17.8. The van der Waals surface area contributed by atoms with E-state index in [0.29, 0.717) is 37.1 Å². The van der Waals surface area contributed by atoms with Crippen LogP contribution >= 0.6 is 11.6 Å². The van der Waals surface area contributed by atoms with E-state index in [0.717, 1.165) is 76.4 Å². The molecular weight excluding hydrogens is 706 g/mol. The molecule has 2 fully saturated rings. The van der Waals surface area contributed by atoms with Crippen molar-refractivity contribution in [2.75, 3.05) is 64.4 Å². The van der Waals surface area contributed by atoms with Crippen LogP contribution < -0.4 is 14.4 Å². The predicted octanol–water partition coefficient (Wildman–Crippen LogP) is 6.38. The zero-order valence-corrected chi connectivity index (χ0v) is 34.2. The van der Waals surface area contributed by atoms with Crippen LogP contribution in [-0.2, 0) is 26.3 Å². The van der Waals surface area contributed by atoms with Crippen molar-refractivity contribution in [3.05, 3.63) is 64.3 Å². The van der Waals surface area contributed by atoms with Crippen LogP contribution in [0.25, 0.3) is 0 Å². The largest absolute Gasteiger partial charge is 0.489 e. The zero-order chi connectivity index (χ0) is 37.8. The molecule has 1 amide bonds. The summed E-state index contributed by atoms with van der Waals surface area (Å²) in [5.41, 5.74) is 2.19. The van der Waals surface area contributed by atoms with E-state index in [1.807, 2.05) is 26.2 Å². The third-order valence-corrected chi connectivity index (χ3v) is 15.8. The third kappa shape index (κ3) is 7.65. The van der Waals surface area contributed by atoms with Gasteiger partial charge < -0.3 is 14.4 Å². The Morgan fingerprint density at radius 1 is 1.13 bits per heavy atom. The lowest BCUT2D eigenvalue weighted by atomic mass is 9.63. The molecule has 1 N–H and O–H groups in total. The molecule has 5 aliphatic rings. The predicted molar refractivity (Wildman–Crippen MR) is 217 cm³/mol. The summed E-state index contributed by atoms with van der Waals surface area (Å²) in [6.07, 6.45) is 10.5. The number of hydrogen-bond donors (Lipinski definition) is 1. The van der Waals surface area contributed by atoms with E-state index < -0.39 is 21.2 Å². The standard InChI is InChI=1S/C42H60ClN5O4S/c1-29-10-8-19-42(51-6,27-46-20-22-48(23-21-46)40(3,4)5)35-14-12-32(35)25-47-26-41(18-9-11-31-24-33(43)13-15-34(31)41)28-52-37-17-16-36(44-38(37)47)39(49)45-53(7,50)30(29)2/h8,13,15-17,19,24,29-30,32,35H,7,9-12,14,18,20-23,25-28H2,1-6H3,(H,45,49,50)/b19-8+/t29-,30+,32-,35+,41-,42+,53?/m0/s1. The van der Waals surface area contributed by atoms with Crippen molar-refractivity contribution in [1.82, 2.24) is 19.5 Å². The highest BCUT2D eigenvalue weighted by Crippen LogP contribution is 2.49. The number of amides is 1. The Morgan fingerprint density at radius 2 is 1.91 bits per heavy atom. The molecule has 11 heteroatoms. The number of ether oxygens (including phenoxy) is 2. The number of halogens is 1. The number of carbonyl (C=O) groups is 1. The number of methoxy groups -OCH3 is 1. The summed E-state index contributed by atoms with van der Waals surface area (Å²) < 4.78 is 30.3. The maximum atomic E-state index is 14.0. The lowest BCUT2D eigenvalue weighted by Gasteiger charge is -2.52. The molecule has 1 aromatic heterocycles. The summed E-state index contributed by atoms with van der Waals surface area (Å²) in [5, 5.41) is 0.399. The fourth-order valence-electron chi connectivity index (χ4n) is 9.68. The van der Waals surface area contributed by atoms with Gasteiger partial charge in [0.2, 0.25) is 0 Å². The Hall–Kier alpha value is -2.63. The second-order valence-corrected chi connectivity index (χ2v) is 20.5. The number of rotatable bonds is 3. The summed E-state index contributed by atoms with van der Waals surface area (Å²) in [4.78, 5) is 26.3. The summed E-state index contributed by atoms with van der Waals surface area (Å²) >= 11 is 6.51. The summed E-state index contributed by atoms with van der Waals surface area (Å²) in [5.74, 6) is 5.56. The maximum Gasteiger partial charge on any atom is 0.281 e. The van der Waals surface area contributed by atoms with Gasteiger partial charge in [0.1, 0.15) is 11.3 Å². The van der Waals surface area contributed by atoms with E-state index in [1.54, 1.807) is 6.07 Å². The Balaban J connectivity index is 1.28. The van der Waals surface area contributed by atoms with Gasteiger partial charge in [0.15, 0.2) is 11.6 Å². The molecule has 0 radical (unpaired) electrons. The number of nitrogens with zero attached hydrogens (tertiary/aromatic N) is 4. The van der Waals surface area contributed by atoms with Gasteiger partial charge in [0.25, 0.3) is 5.91 Å². The maximum absolute atomic E-state index is 14.0. The average molecular weight is 766 g/mol. The molecule has 7 rings (SSSR count). The number of allylic oxidation sites excluding steroid dienone is 1. The van der Waals surface area contributed by atoms with Crippen molar-refractivity contribution >= 4 is 38.9 Å². The molecule has 1 unspecified atom stereocenters. The van der Waals surface area contributed by atoms with E-state index in [-0.39, 0.29) is 33.7 Å². The van der Waals surface area contributed by atoms with Gasteiger partial charge in [-0.2, -0.15) is 0 Å². The minimum absolute atomic E-state index is 0.0138. The lowest BCUT2D eigenvalue weighted by Crippen LogP contribution is -2.60. The van der Waals surface area contributed by atoms with E-state index in [4.69, 9.17) is 26.1 Å². The Labute approximate surface area is 323 Å². The number of fused-ring (bicyclic) bond motifs is 4. The molecule has 1 saturated carbocycles. The molecule has 1 aromatic carbocycles. The van der Waals surface area contributed by atoms with Crippen LogP contribution in [0.2, 0.25) is 5.02 Å². The quantitative estimate of drug-likeness (QED) is 0.285. The van der Waals surface area contributed by atoms with Gasteiger partial charge in [0, 0.05) is 74.1 Å². The molecule has 3 aliphatic heterocycles. The van der Waals surface area contributed by atoms with Gasteiger partial charge in [-0.15, -0.1) is 0 Å². The van der Waals surface area contributed by atoms with Crippen LogP contribution in [0.5, 0.6) is 5.75 Å². The van der Waals surface area contributed by atoms with Crippen molar-refractivity contribution in [2.24, 2.45) is 17.8 Å². The highest BCUT2D eigenvalue weighted by Gasteiger charge is 2.50. The number of aryl methyl sites for hydroxylation is 1. The molecule has 2 aliphatic carbocycles. The first-order chi connectivity index (χ1) is 25.1. The first-order valence-corrected chi connectivity index (χ1v) is 21.9. The highest BCUT2D eigenvalue weighted by molar-refractivity contribution is 7.99. The van der Waals surface area contributed by atoms with Gasteiger partial charge >= 0.3 is 0 Å². The van der Waals surface area contributed by atoms with Crippen molar-refractivity contribution in [2.45, 2.75) is 94.9 Å². The first-order valence-electron chi connectivity index (χ1n) is 19.7. The van der Waals surface area contributed by atoms with E-state index >= 15 is 0 Å². The number of pyridine rings is 1. The zero-order valence-electron chi connectivity index (χ0n) is 32.7. The van der Waals surface area contributed by atoms with Crippen LogP contribution in [0.15, 0.2) is 42.5 Å². The van der Waals surface area contributed by atoms with Crippen molar-refractivity contribution in [3.63, 3.8) is 0 Å². The van der Waals surface area contributed by atoms with E-state index in [1.165, 1.54) is 11.1 Å². The summed E-state index contributed by atoms with van der Waals surface area (Å²) in [7, 11) is -1.11. The molecule has 290 valence electrons. The van der Waals surface area contributed by atoms with Crippen molar-refractivity contribution in [1.29, 1.82) is 0 Å². The second-order valence-electron chi connectivity index (χ2n) is 17.6. The Kier molecular flexibility index (Phi) is 10.8. The van der Waals surface area contributed by atoms with Gasteiger partial charge in [-0.3, -0.25) is 19.3 Å². The molecular formula is C42H60ClN5O4S. The van der Waals surface area contributed by atoms with E-state index in [2.05, 4.69) is 77.3 Å². The molecule has 4 heterocycles. The second kappa shape index (κ2) is 14.8. The number of anilines is 1. The van der Waals surface area contributed by atoms with Crippen LogP contribution in [-0.4, -0.2) is 107 Å². The molecule has 1 saturated heterocycles. The number of carbonyl (C=O) groups excluding carboxylic acids is 1. The first kappa shape index (κ1) is 38.6. The third-order valence-electron chi connectivity index (χ3n) is 13.4. The van der Waals surface area contributed by atoms with Crippen LogP contribution in [0.3, 0.4) is 0 Å². The number of benzene rings is 1. The van der Waals surface area contributed by atoms with Crippen molar-refractivity contribution < 1.29 is 18.5 Å². The SMILES string of the molecule is C=S1(=O)NC(=O)c2ccc3c(n2)N(C[C@@H]2CC[C@H]2[C@@](CN2CCN(C(C)(C)C)CC2)(OC)/C=C/C[C@H](C)[C@H]1C)C[C@@]1(CCCc2cc(Cl)ccc21)CO3. The topological polar surface area (TPSA) is 87.2 Å². The number of nitrogens with one attached hydrogen (secondary N) is 1. The molecule has 2 aromatic rings. The Morgan fingerprint density at radius 3 is 2.60 bits per heavy atom. The molecule has 1 spiro atoms. The van der Waals surface area contributed by atoms with Crippen LogP contribution in [0.1, 0.15) is 88.3 Å². The van der Waals surface area contributed by atoms with Gasteiger partial charge in [0.05, 0.1) is 16.3 Å². The van der Waals surface area contributed by atoms with Crippen molar-refractivity contribution in [3.8, 4) is 5.75 Å². The molecule has 7 atom stereocenters. The molecule has 53 heavy (non-hydrogen) atoms. The summed E-state index contributed by atoms with van der Waals surface area (Å²) in [6, 6.07) is 9.87. The smallest absolute Gasteiger partial charge is 0.281 e. The fourth-order valence-corrected chi connectivity index (χ4v) is 11.3. The monoisotopic (exact) mass is 765 g/mol. The lowest BCUT2D eigenvalue weighted by molar-refractivity contribution is -0.0975. The highest BCUT2D eigenvalue weighted by atomic mass is 35.5. The molecule has 2 bridgehead atoms. The number of piperazine rings is 1. The van der Waals surface area contributed by atoms with Gasteiger partial charge in [-0.25, -0.2) is 9.19 Å². The van der Waals surface area contributed by atoms with Crippen LogP contribution in [0, 0.1) is 17.8 Å². The fraction of sp³-hybridized carbons (Fsp3) is 0.643. The Bertz CT molecular complexity index is 1820. The minimum Gasteiger partial charge on any atom is -0.489 e. The number of hydrogen-bond acceptors (Lipinski definition) is 8. The van der Waals surface area contributed by atoms with Gasteiger partial charge in [-0.05, 0) is 125 Å². The molecule has 9 nitrogen and oxygen atoms in total. The van der Waals surface area contributed by atoms with Crippen LogP contribution in [0.4, 0.5) is 5.82 Å². The average Bonchev–Trinajstić information content (AvgIpc) is 3.25.